The molecule has 1 saturated heterocycles. The minimum Gasteiger partial charge on any atom is -0.341 e. The van der Waals surface area contributed by atoms with E-state index in [1.54, 1.807) is 4.99 Å². The molecule has 0 amide bonds. The van der Waals surface area contributed by atoms with Crippen LogP contribution in [0.15, 0.2) is 12.3 Å². The molecule has 1 fully saturated rings. The van der Waals surface area contributed by atoms with Crippen molar-refractivity contribution in [2.24, 2.45) is 0 Å². The first-order valence-electron chi connectivity index (χ1n) is 4.18. The van der Waals surface area contributed by atoms with Crippen molar-refractivity contribution < 1.29 is 0 Å². The van der Waals surface area contributed by atoms with Gasteiger partial charge in [0.1, 0.15) is 0 Å². The van der Waals surface area contributed by atoms with E-state index in [0.717, 1.165) is 0 Å². The molecule has 0 radical (unpaired) electrons. The van der Waals surface area contributed by atoms with E-state index < -0.39 is 0 Å². The Bertz CT molecular complexity index is 190. The number of rotatable bonds is 0. The summed E-state index contributed by atoms with van der Waals surface area (Å²) in [5.41, 5.74) is 0. The largest absolute Gasteiger partial charge is 0.341 e. The summed E-state index contributed by atoms with van der Waals surface area (Å²) in [6.45, 7) is 1.18. The van der Waals surface area contributed by atoms with Crippen LogP contribution >= 0.6 is 10.7 Å². The number of hydrogen-bond acceptors (Lipinski definition) is 1. The van der Waals surface area contributed by atoms with Crippen LogP contribution in [0.5, 0.6) is 0 Å². The molecule has 0 saturated carbocycles. The van der Waals surface area contributed by atoms with E-state index in [4.69, 9.17) is 0 Å². The van der Waals surface area contributed by atoms with E-state index in [1.807, 2.05) is 0 Å². The zero-order valence-corrected chi connectivity index (χ0v) is 7.41. The Kier molecular flexibility index (Phi) is 2.29. The van der Waals surface area contributed by atoms with Gasteiger partial charge < -0.3 is 4.72 Å². The second-order valence-electron chi connectivity index (χ2n) is 2.88. The van der Waals surface area contributed by atoms with Gasteiger partial charge in [0.25, 0.3) is 0 Å². The Morgan fingerprint density at radius 2 is 2.36 bits per heavy atom. The lowest BCUT2D eigenvalue weighted by Crippen LogP contribution is -2.30. The number of piperidine rings is 1. The van der Waals surface area contributed by atoms with Crippen molar-refractivity contribution >= 4 is 15.7 Å². The molecule has 11 heavy (non-hydrogen) atoms. The summed E-state index contributed by atoms with van der Waals surface area (Å²) < 4.78 is 3.37. The monoisotopic (exact) mass is 170 g/mol. The molecule has 0 aromatic rings. The van der Waals surface area contributed by atoms with Gasteiger partial charge in [-0.1, -0.05) is 16.7 Å². The molecule has 62 valence electrons. The number of hydrogen-bond donors (Lipinski definition) is 2. The minimum atomic E-state index is 0.331. The smallest absolute Gasteiger partial charge is 0.0347 e. The van der Waals surface area contributed by atoms with E-state index in [2.05, 4.69) is 22.3 Å². The second kappa shape index (κ2) is 3.41. The highest BCUT2D eigenvalue weighted by Crippen LogP contribution is 2.18. The molecule has 0 aromatic carbocycles. The predicted octanol–water partition coefficient (Wildman–Crippen LogP) is 1.19. The highest BCUT2D eigenvalue weighted by atomic mass is 32.2. The molecule has 1 atom stereocenters. The van der Waals surface area contributed by atoms with Gasteiger partial charge >= 0.3 is 0 Å². The zero-order valence-electron chi connectivity index (χ0n) is 6.60. The summed E-state index contributed by atoms with van der Waals surface area (Å²) in [5.74, 6) is 1.20. The van der Waals surface area contributed by atoms with Crippen LogP contribution in [0.25, 0.3) is 0 Å². The fourth-order valence-electron chi connectivity index (χ4n) is 1.43. The first-order valence-corrected chi connectivity index (χ1v) is 5.58. The summed E-state index contributed by atoms with van der Waals surface area (Å²) in [7, 11) is 0.331. The van der Waals surface area contributed by atoms with Gasteiger partial charge in [-0.3, -0.25) is 5.32 Å². The Morgan fingerprint density at radius 3 is 3.00 bits per heavy atom. The first kappa shape index (κ1) is 7.37. The summed E-state index contributed by atoms with van der Waals surface area (Å²) in [4.78, 5) is 1.54. The van der Waals surface area contributed by atoms with E-state index in [9.17, 15) is 0 Å². The summed E-state index contributed by atoms with van der Waals surface area (Å²) in [6.07, 6.45) is 8.28. The third-order valence-corrected chi connectivity index (χ3v) is 3.93. The Balaban J connectivity index is 2.05. The predicted molar refractivity (Wildman–Crippen MR) is 51.6 cm³/mol. The average Bonchev–Trinajstić information content (AvgIpc) is 2.58. The molecule has 0 aromatic heterocycles. The normalized spacial score (nSPS) is 33.8. The number of nitrogens with one attached hydrogen (secondary N) is 2. The van der Waals surface area contributed by atoms with E-state index in [1.165, 1.54) is 31.6 Å². The Labute approximate surface area is 70.1 Å². The molecule has 1 unspecified atom stereocenters. The maximum atomic E-state index is 3.49. The van der Waals surface area contributed by atoms with Crippen molar-refractivity contribution in [1.29, 1.82) is 0 Å². The van der Waals surface area contributed by atoms with Crippen molar-refractivity contribution in [3.63, 3.8) is 0 Å². The molecule has 3 heteroatoms. The molecule has 2 aliphatic heterocycles. The van der Waals surface area contributed by atoms with Crippen molar-refractivity contribution in [2.75, 3.05) is 12.3 Å². The quantitative estimate of drug-likeness (QED) is 0.534. The van der Waals surface area contributed by atoms with Crippen LogP contribution in [-0.4, -0.2) is 17.3 Å². The molecule has 2 heterocycles. The van der Waals surface area contributed by atoms with Crippen LogP contribution in [0.2, 0.25) is 0 Å². The molecular formula is C8H14N2S. The van der Waals surface area contributed by atoms with Gasteiger partial charge in [0.05, 0.1) is 0 Å². The molecule has 2 nitrogen and oxygen atoms in total. The lowest BCUT2D eigenvalue weighted by molar-refractivity contribution is 0.679. The lowest BCUT2D eigenvalue weighted by atomic mass is 10.2. The summed E-state index contributed by atoms with van der Waals surface area (Å²) in [5, 5.41) is 3.49. The lowest BCUT2D eigenvalue weighted by Gasteiger charge is -2.18. The van der Waals surface area contributed by atoms with Gasteiger partial charge in [-0.2, -0.15) is 0 Å². The Hall–Kier alpha value is -0.280. The van der Waals surface area contributed by atoms with Crippen molar-refractivity contribution in [2.45, 2.75) is 19.3 Å². The van der Waals surface area contributed by atoms with Gasteiger partial charge in [0.15, 0.2) is 0 Å². The third-order valence-electron chi connectivity index (χ3n) is 2.04. The molecule has 0 spiro atoms. The maximum Gasteiger partial charge on any atom is 0.0347 e. The highest BCUT2D eigenvalue weighted by molar-refractivity contribution is 8.14. The van der Waals surface area contributed by atoms with Crippen LogP contribution in [0.3, 0.4) is 0 Å². The second-order valence-corrected chi connectivity index (χ2v) is 4.73. The minimum absolute atomic E-state index is 0.331. The molecule has 2 aliphatic rings. The molecule has 0 bridgehead atoms. The van der Waals surface area contributed by atoms with Crippen molar-refractivity contribution in [1.82, 2.24) is 10.0 Å². The van der Waals surface area contributed by atoms with Gasteiger partial charge in [-0.15, -0.1) is 0 Å². The summed E-state index contributed by atoms with van der Waals surface area (Å²) >= 11 is 0. The van der Waals surface area contributed by atoms with Gasteiger partial charge in [-0.25, -0.2) is 0 Å². The standard InChI is InChI=1S/C8H14N2S/c1-2-5-9-8(4-1)11-7-3-6-10-11/h3,6,9-10H,1-2,4-5,7H2. The van der Waals surface area contributed by atoms with Crippen LogP contribution in [0, 0.1) is 0 Å². The molecule has 2 rings (SSSR count). The van der Waals surface area contributed by atoms with Crippen LogP contribution < -0.4 is 10.0 Å². The first-order chi connectivity index (χ1) is 5.47. The van der Waals surface area contributed by atoms with Crippen LogP contribution in [0.1, 0.15) is 19.3 Å². The molecular weight excluding hydrogens is 156 g/mol. The zero-order chi connectivity index (χ0) is 7.52. The topological polar surface area (TPSA) is 24.1 Å². The van der Waals surface area contributed by atoms with Gasteiger partial charge in [-0.05, 0) is 19.3 Å². The van der Waals surface area contributed by atoms with Crippen LogP contribution in [0.4, 0.5) is 0 Å². The molecule has 0 aliphatic carbocycles. The maximum absolute atomic E-state index is 3.49. The van der Waals surface area contributed by atoms with E-state index in [-0.39, 0.29) is 0 Å². The fraction of sp³-hybridized carbons (Fsp3) is 0.625. The Morgan fingerprint density at radius 1 is 1.36 bits per heavy atom. The van der Waals surface area contributed by atoms with E-state index in [0.29, 0.717) is 10.7 Å². The average molecular weight is 170 g/mol. The fourth-order valence-corrected chi connectivity index (χ4v) is 3.09. The van der Waals surface area contributed by atoms with Gasteiger partial charge in [0, 0.05) is 23.5 Å². The van der Waals surface area contributed by atoms with Crippen molar-refractivity contribution in [3.8, 4) is 0 Å². The third kappa shape index (κ3) is 1.65. The SMILES string of the molecule is C1=CN/S(=C2/CCCCN2)C1. The highest BCUT2D eigenvalue weighted by Gasteiger charge is 2.09. The van der Waals surface area contributed by atoms with Crippen LogP contribution in [-0.2, 0) is 0 Å². The van der Waals surface area contributed by atoms with Gasteiger partial charge in [0.2, 0.25) is 0 Å². The van der Waals surface area contributed by atoms with Crippen molar-refractivity contribution in [3.05, 3.63) is 12.3 Å². The van der Waals surface area contributed by atoms with E-state index >= 15 is 0 Å². The molecule has 2 N–H and O–H groups in total. The summed E-state index contributed by atoms with van der Waals surface area (Å²) in [6, 6.07) is 0.